The highest BCUT2D eigenvalue weighted by Gasteiger charge is 2.35. The Balaban J connectivity index is 1.70. The van der Waals surface area contributed by atoms with Crippen molar-refractivity contribution in [2.45, 2.75) is 65.1 Å². The molecule has 3 rings (SSSR count). The van der Waals surface area contributed by atoms with Crippen LogP contribution in [0.5, 0.6) is 0 Å². The van der Waals surface area contributed by atoms with Crippen LogP contribution >= 0.6 is 0 Å². The third-order valence-electron chi connectivity index (χ3n) is 5.42. The molecule has 0 amide bonds. The van der Waals surface area contributed by atoms with E-state index in [2.05, 4.69) is 30.7 Å². The lowest BCUT2D eigenvalue weighted by Gasteiger charge is -2.38. The van der Waals surface area contributed by atoms with Crippen molar-refractivity contribution >= 4 is 0 Å². The van der Waals surface area contributed by atoms with Crippen molar-refractivity contribution in [1.82, 2.24) is 9.88 Å². The zero-order chi connectivity index (χ0) is 17.5. The molecule has 0 aromatic carbocycles. The highest BCUT2D eigenvalue weighted by atomic mass is 19.4. The van der Waals surface area contributed by atoms with Crippen molar-refractivity contribution in [3.63, 3.8) is 0 Å². The summed E-state index contributed by atoms with van der Waals surface area (Å²) in [4.78, 5) is 6.78. The number of hydrogen-bond acceptors (Lipinski definition) is 2. The van der Waals surface area contributed by atoms with Crippen LogP contribution in [0.25, 0.3) is 0 Å². The van der Waals surface area contributed by atoms with Crippen LogP contribution in [-0.4, -0.2) is 23.0 Å². The smallest absolute Gasteiger partial charge is 0.297 e. The number of piperidine rings is 1. The first-order valence-corrected chi connectivity index (χ1v) is 8.93. The second-order valence-corrected chi connectivity index (χ2v) is 8.46. The molecule has 1 aliphatic carbocycles. The van der Waals surface area contributed by atoms with Gasteiger partial charge in [-0.1, -0.05) is 20.8 Å². The van der Waals surface area contributed by atoms with Gasteiger partial charge < -0.3 is 0 Å². The van der Waals surface area contributed by atoms with Crippen LogP contribution in [0.1, 0.15) is 69.3 Å². The van der Waals surface area contributed by atoms with Crippen molar-refractivity contribution in [2.75, 3.05) is 13.1 Å². The average molecular weight is 340 g/mol. The van der Waals surface area contributed by atoms with E-state index >= 15 is 0 Å². The topological polar surface area (TPSA) is 16.1 Å². The van der Waals surface area contributed by atoms with Gasteiger partial charge in [0.2, 0.25) is 0 Å². The largest absolute Gasteiger partial charge is 0.416 e. The fraction of sp³-hybridized carbons (Fsp3) is 0.737. The quantitative estimate of drug-likeness (QED) is 0.748. The van der Waals surface area contributed by atoms with E-state index in [0.29, 0.717) is 29.3 Å². The second-order valence-electron chi connectivity index (χ2n) is 8.46. The van der Waals surface area contributed by atoms with Crippen LogP contribution in [0.3, 0.4) is 0 Å². The van der Waals surface area contributed by atoms with Crippen LogP contribution in [0.15, 0.2) is 12.1 Å². The summed E-state index contributed by atoms with van der Waals surface area (Å²) >= 11 is 0. The van der Waals surface area contributed by atoms with Crippen LogP contribution < -0.4 is 0 Å². The van der Waals surface area contributed by atoms with Crippen molar-refractivity contribution in [3.8, 4) is 0 Å². The van der Waals surface area contributed by atoms with E-state index in [1.807, 2.05) is 0 Å². The van der Waals surface area contributed by atoms with Crippen LogP contribution in [0.4, 0.5) is 13.2 Å². The lowest BCUT2D eigenvalue weighted by molar-refractivity contribution is -0.137. The number of hydrogen-bond donors (Lipinski definition) is 0. The summed E-state index contributed by atoms with van der Waals surface area (Å²) in [6.45, 7) is 9.22. The molecule has 5 heteroatoms. The first kappa shape index (κ1) is 17.7. The third-order valence-corrected chi connectivity index (χ3v) is 5.42. The minimum Gasteiger partial charge on any atom is -0.297 e. The number of rotatable bonds is 3. The van der Waals surface area contributed by atoms with Gasteiger partial charge >= 0.3 is 6.18 Å². The fourth-order valence-corrected chi connectivity index (χ4v) is 3.63. The van der Waals surface area contributed by atoms with Gasteiger partial charge in [-0.25, -0.2) is 0 Å². The predicted molar refractivity (Wildman–Crippen MR) is 88.7 cm³/mol. The number of pyridine rings is 1. The molecule has 1 saturated carbocycles. The van der Waals surface area contributed by atoms with Crippen molar-refractivity contribution in [1.29, 1.82) is 0 Å². The SMILES string of the molecule is CC(C)(C)C1CCN(Cc2cc(C(F)(F)F)cc(C3CC3)n2)CC1. The summed E-state index contributed by atoms with van der Waals surface area (Å²) < 4.78 is 39.5. The van der Waals surface area contributed by atoms with E-state index in [0.717, 1.165) is 38.8 Å². The maximum atomic E-state index is 13.2. The molecule has 0 radical (unpaired) electrons. The van der Waals surface area contributed by atoms with Gasteiger partial charge in [-0.05, 0) is 62.2 Å². The minimum absolute atomic E-state index is 0.234. The van der Waals surface area contributed by atoms with Crippen molar-refractivity contribution in [3.05, 3.63) is 29.1 Å². The standard InChI is InChI=1S/C19H27F3N2/c1-18(2,3)14-6-8-24(9-7-14)12-16-10-15(19(20,21)22)11-17(23-16)13-4-5-13/h10-11,13-14H,4-9,12H2,1-3H3. The molecule has 1 aromatic rings. The summed E-state index contributed by atoms with van der Waals surface area (Å²) in [6.07, 6.45) is -0.147. The van der Waals surface area contributed by atoms with E-state index in [-0.39, 0.29) is 5.92 Å². The normalized spacial score (nSPS) is 21.2. The van der Waals surface area contributed by atoms with E-state index in [4.69, 9.17) is 0 Å². The monoisotopic (exact) mass is 340 g/mol. The molecule has 1 aliphatic heterocycles. The molecular formula is C19H27F3N2. The second kappa shape index (κ2) is 6.32. The zero-order valence-electron chi connectivity index (χ0n) is 14.8. The summed E-state index contributed by atoms with van der Waals surface area (Å²) in [5.74, 6) is 0.919. The fourth-order valence-electron chi connectivity index (χ4n) is 3.63. The molecule has 1 aromatic heterocycles. The molecule has 0 unspecified atom stereocenters. The van der Waals surface area contributed by atoms with Gasteiger partial charge in [0.1, 0.15) is 0 Å². The van der Waals surface area contributed by atoms with E-state index in [1.54, 1.807) is 0 Å². The van der Waals surface area contributed by atoms with Gasteiger partial charge in [-0.15, -0.1) is 0 Å². The Bertz CT molecular complexity index is 577. The Kier molecular flexibility index (Phi) is 4.67. The number of halogens is 3. The lowest BCUT2D eigenvalue weighted by Crippen LogP contribution is -2.37. The van der Waals surface area contributed by atoms with E-state index in [9.17, 15) is 13.2 Å². The number of alkyl halides is 3. The van der Waals surface area contributed by atoms with Gasteiger partial charge in [0.15, 0.2) is 0 Å². The average Bonchev–Trinajstić information content (AvgIpc) is 3.30. The summed E-state index contributed by atoms with van der Waals surface area (Å²) in [7, 11) is 0. The Hall–Kier alpha value is -1.10. The molecule has 134 valence electrons. The first-order chi connectivity index (χ1) is 11.1. The molecule has 0 N–H and O–H groups in total. The lowest BCUT2D eigenvalue weighted by atomic mass is 9.75. The molecule has 1 saturated heterocycles. The molecule has 0 spiro atoms. The molecule has 2 nitrogen and oxygen atoms in total. The molecule has 2 fully saturated rings. The minimum atomic E-state index is -4.29. The molecule has 2 aliphatic rings. The van der Waals surface area contributed by atoms with Crippen LogP contribution in [0, 0.1) is 11.3 Å². The Morgan fingerprint density at radius 3 is 2.17 bits per heavy atom. The number of aromatic nitrogens is 1. The first-order valence-electron chi connectivity index (χ1n) is 8.93. The summed E-state index contributed by atoms with van der Waals surface area (Å²) in [5.41, 5.74) is 0.962. The summed E-state index contributed by atoms with van der Waals surface area (Å²) in [5, 5.41) is 0. The third kappa shape index (κ3) is 4.29. The zero-order valence-corrected chi connectivity index (χ0v) is 14.8. The van der Waals surface area contributed by atoms with Crippen LogP contribution in [0.2, 0.25) is 0 Å². The van der Waals surface area contributed by atoms with Crippen molar-refractivity contribution in [2.24, 2.45) is 11.3 Å². The molecule has 2 heterocycles. The summed E-state index contributed by atoms with van der Waals surface area (Å²) in [6, 6.07) is 2.48. The maximum absolute atomic E-state index is 13.2. The molecule has 0 atom stereocenters. The number of nitrogens with zero attached hydrogens (tertiary/aromatic N) is 2. The Labute approximate surface area is 142 Å². The van der Waals surface area contributed by atoms with E-state index < -0.39 is 11.7 Å². The Morgan fingerprint density at radius 2 is 1.67 bits per heavy atom. The highest BCUT2D eigenvalue weighted by Crippen LogP contribution is 2.41. The van der Waals surface area contributed by atoms with Gasteiger partial charge in [0.25, 0.3) is 0 Å². The van der Waals surface area contributed by atoms with Gasteiger partial charge in [-0.2, -0.15) is 13.2 Å². The Morgan fingerprint density at radius 1 is 1.04 bits per heavy atom. The predicted octanol–water partition coefficient (Wildman–Crippen LogP) is 5.24. The van der Waals surface area contributed by atoms with Gasteiger partial charge in [0, 0.05) is 18.2 Å². The molecule has 0 bridgehead atoms. The maximum Gasteiger partial charge on any atom is 0.416 e. The van der Waals surface area contributed by atoms with Gasteiger partial charge in [-0.3, -0.25) is 9.88 Å². The van der Waals surface area contributed by atoms with Crippen LogP contribution in [-0.2, 0) is 12.7 Å². The number of likely N-dealkylation sites (tertiary alicyclic amines) is 1. The highest BCUT2D eigenvalue weighted by molar-refractivity contribution is 5.28. The van der Waals surface area contributed by atoms with Crippen molar-refractivity contribution < 1.29 is 13.2 Å². The molecular weight excluding hydrogens is 313 g/mol. The molecule has 24 heavy (non-hydrogen) atoms. The van der Waals surface area contributed by atoms with Gasteiger partial charge in [0.05, 0.1) is 11.3 Å². The van der Waals surface area contributed by atoms with E-state index in [1.165, 1.54) is 12.1 Å².